The van der Waals surface area contributed by atoms with E-state index in [0.29, 0.717) is 16.3 Å². The summed E-state index contributed by atoms with van der Waals surface area (Å²) in [6.45, 7) is 0.147. The molecule has 34 heavy (non-hydrogen) atoms. The van der Waals surface area contributed by atoms with Gasteiger partial charge in [-0.1, -0.05) is 61.2 Å². The van der Waals surface area contributed by atoms with Gasteiger partial charge in [0.25, 0.3) is 5.91 Å². The van der Waals surface area contributed by atoms with Gasteiger partial charge in [-0.2, -0.15) is 0 Å². The quantitative estimate of drug-likeness (QED) is 0.444. The molecular weight excluding hydrogens is 452 g/mol. The number of methoxy groups -OCH3 is 1. The lowest BCUT2D eigenvalue weighted by Crippen LogP contribution is -2.46. The third-order valence-electron chi connectivity index (χ3n) is 6.23. The summed E-state index contributed by atoms with van der Waals surface area (Å²) in [6.07, 6.45) is 6.70. The van der Waals surface area contributed by atoms with E-state index in [0.717, 1.165) is 31.2 Å². The SMILES string of the molecule is COc1ccc(C(C(=O)NC2CCCCC2)N(Cc2ccccc2Cl)C(=O)c2ccco2)cc1. The third kappa shape index (κ3) is 5.62. The van der Waals surface area contributed by atoms with Gasteiger partial charge in [0.15, 0.2) is 5.76 Å². The Kier molecular flexibility index (Phi) is 7.91. The number of hydrogen-bond donors (Lipinski definition) is 1. The summed E-state index contributed by atoms with van der Waals surface area (Å²) < 4.78 is 10.7. The van der Waals surface area contributed by atoms with Crippen molar-refractivity contribution in [3.05, 3.63) is 88.8 Å². The zero-order valence-electron chi connectivity index (χ0n) is 19.2. The summed E-state index contributed by atoms with van der Waals surface area (Å²) in [5.41, 5.74) is 1.43. The summed E-state index contributed by atoms with van der Waals surface area (Å²) in [5, 5.41) is 3.73. The van der Waals surface area contributed by atoms with Gasteiger partial charge in [0.05, 0.1) is 13.4 Å². The minimum Gasteiger partial charge on any atom is -0.497 e. The van der Waals surface area contributed by atoms with E-state index in [9.17, 15) is 9.59 Å². The first-order valence-electron chi connectivity index (χ1n) is 11.6. The van der Waals surface area contributed by atoms with Crippen molar-refractivity contribution in [1.82, 2.24) is 10.2 Å². The molecule has 1 fully saturated rings. The van der Waals surface area contributed by atoms with Crippen molar-refractivity contribution in [3.8, 4) is 5.75 Å². The Morgan fingerprint density at radius 3 is 2.44 bits per heavy atom. The fraction of sp³-hybridized carbons (Fsp3) is 0.333. The summed E-state index contributed by atoms with van der Waals surface area (Å²) in [5.74, 6) is 0.231. The molecule has 7 heteroatoms. The molecular formula is C27H29ClN2O4. The van der Waals surface area contributed by atoms with Gasteiger partial charge in [0, 0.05) is 17.6 Å². The molecule has 2 amide bonds. The van der Waals surface area contributed by atoms with Crippen LogP contribution in [0.3, 0.4) is 0 Å². The fourth-order valence-electron chi connectivity index (χ4n) is 4.42. The van der Waals surface area contributed by atoms with E-state index in [1.165, 1.54) is 17.6 Å². The molecule has 1 aromatic heterocycles. The van der Waals surface area contributed by atoms with E-state index in [1.54, 1.807) is 37.4 Å². The highest BCUT2D eigenvalue weighted by Gasteiger charge is 2.34. The molecule has 0 aliphatic heterocycles. The van der Waals surface area contributed by atoms with Gasteiger partial charge < -0.3 is 19.4 Å². The average Bonchev–Trinajstić information content (AvgIpc) is 3.40. The minimum atomic E-state index is -0.873. The number of furan rings is 1. The summed E-state index contributed by atoms with van der Waals surface area (Å²) >= 11 is 6.44. The van der Waals surface area contributed by atoms with Crippen LogP contribution in [0.4, 0.5) is 0 Å². The molecule has 4 rings (SSSR count). The van der Waals surface area contributed by atoms with Crippen molar-refractivity contribution in [2.24, 2.45) is 0 Å². The Labute approximate surface area is 204 Å². The van der Waals surface area contributed by atoms with Gasteiger partial charge in [0.1, 0.15) is 11.8 Å². The lowest BCUT2D eigenvalue weighted by atomic mass is 9.94. The number of carbonyl (C=O) groups is 2. The van der Waals surface area contributed by atoms with Gasteiger partial charge in [-0.05, 0) is 54.3 Å². The molecule has 1 saturated carbocycles. The fourth-order valence-corrected chi connectivity index (χ4v) is 4.61. The second-order valence-corrected chi connectivity index (χ2v) is 8.93. The number of hydrogen-bond acceptors (Lipinski definition) is 4. The van der Waals surface area contributed by atoms with Crippen molar-refractivity contribution < 1.29 is 18.7 Å². The van der Waals surface area contributed by atoms with Crippen molar-refractivity contribution in [3.63, 3.8) is 0 Å². The highest BCUT2D eigenvalue weighted by Crippen LogP contribution is 2.30. The Morgan fingerprint density at radius 1 is 1.06 bits per heavy atom. The monoisotopic (exact) mass is 480 g/mol. The molecule has 0 spiro atoms. The Balaban J connectivity index is 1.74. The Hall–Kier alpha value is -3.25. The first-order chi connectivity index (χ1) is 16.6. The lowest BCUT2D eigenvalue weighted by Gasteiger charge is -2.33. The Bertz CT molecular complexity index is 1090. The van der Waals surface area contributed by atoms with E-state index >= 15 is 0 Å². The normalized spacial score (nSPS) is 14.9. The molecule has 3 aromatic rings. The molecule has 1 unspecified atom stereocenters. The maximum atomic E-state index is 13.8. The van der Waals surface area contributed by atoms with E-state index < -0.39 is 6.04 Å². The van der Waals surface area contributed by atoms with Gasteiger partial charge in [0.2, 0.25) is 5.91 Å². The molecule has 1 heterocycles. The van der Waals surface area contributed by atoms with Gasteiger partial charge >= 0.3 is 0 Å². The molecule has 1 aliphatic rings. The predicted molar refractivity (Wildman–Crippen MR) is 131 cm³/mol. The van der Waals surface area contributed by atoms with Crippen molar-refractivity contribution >= 4 is 23.4 Å². The lowest BCUT2D eigenvalue weighted by molar-refractivity contribution is -0.127. The topological polar surface area (TPSA) is 71.8 Å². The van der Waals surface area contributed by atoms with Crippen molar-refractivity contribution in [1.29, 1.82) is 0 Å². The van der Waals surface area contributed by atoms with E-state index in [4.69, 9.17) is 20.8 Å². The van der Waals surface area contributed by atoms with Crippen molar-refractivity contribution in [2.75, 3.05) is 7.11 Å². The first-order valence-corrected chi connectivity index (χ1v) is 12.0. The third-order valence-corrected chi connectivity index (χ3v) is 6.60. The second-order valence-electron chi connectivity index (χ2n) is 8.52. The van der Waals surface area contributed by atoms with Crippen LogP contribution < -0.4 is 10.1 Å². The minimum absolute atomic E-state index is 0.0999. The van der Waals surface area contributed by atoms with Crippen LogP contribution in [0.5, 0.6) is 5.75 Å². The first kappa shape index (κ1) is 23.9. The van der Waals surface area contributed by atoms with E-state index in [2.05, 4.69) is 5.32 Å². The second kappa shape index (κ2) is 11.3. The van der Waals surface area contributed by atoms with Crippen LogP contribution in [-0.2, 0) is 11.3 Å². The van der Waals surface area contributed by atoms with Crippen LogP contribution >= 0.6 is 11.6 Å². The standard InChI is InChI=1S/C27H29ClN2O4/c1-33-22-15-13-19(14-16-22)25(26(31)29-21-9-3-2-4-10-21)30(27(32)24-12-7-17-34-24)18-20-8-5-6-11-23(20)28/h5-8,11-17,21,25H,2-4,9-10,18H2,1H3,(H,29,31). The van der Waals surface area contributed by atoms with E-state index in [-0.39, 0.29) is 30.2 Å². The summed E-state index contributed by atoms with van der Waals surface area (Å²) in [4.78, 5) is 28.9. The molecule has 0 radical (unpaired) electrons. The number of ether oxygens (including phenoxy) is 1. The molecule has 0 bridgehead atoms. The average molecular weight is 481 g/mol. The highest BCUT2D eigenvalue weighted by molar-refractivity contribution is 6.31. The predicted octanol–water partition coefficient (Wildman–Crippen LogP) is 5.77. The van der Waals surface area contributed by atoms with Gasteiger partial charge in [-0.15, -0.1) is 0 Å². The van der Waals surface area contributed by atoms with Crippen LogP contribution in [0.15, 0.2) is 71.3 Å². The molecule has 1 aliphatic carbocycles. The summed E-state index contributed by atoms with van der Waals surface area (Å²) in [7, 11) is 1.59. The number of carbonyl (C=O) groups excluding carboxylic acids is 2. The van der Waals surface area contributed by atoms with Crippen LogP contribution in [0.1, 0.15) is 59.8 Å². The van der Waals surface area contributed by atoms with Gasteiger partial charge in [-0.3, -0.25) is 9.59 Å². The van der Waals surface area contributed by atoms with Crippen LogP contribution in [-0.4, -0.2) is 29.9 Å². The number of benzene rings is 2. The number of halogens is 1. The van der Waals surface area contributed by atoms with E-state index in [1.807, 2.05) is 30.3 Å². The van der Waals surface area contributed by atoms with Crippen LogP contribution in [0, 0.1) is 0 Å². The van der Waals surface area contributed by atoms with Crippen LogP contribution in [0.25, 0.3) is 0 Å². The molecule has 1 atom stereocenters. The zero-order valence-corrected chi connectivity index (χ0v) is 20.0. The number of amides is 2. The summed E-state index contributed by atoms with van der Waals surface area (Å²) in [6, 6.07) is 17.0. The number of rotatable bonds is 8. The highest BCUT2D eigenvalue weighted by atomic mass is 35.5. The molecule has 1 N–H and O–H groups in total. The zero-order chi connectivity index (χ0) is 23.9. The Morgan fingerprint density at radius 2 is 1.79 bits per heavy atom. The molecule has 0 saturated heterocycles. The number of nitrogens with one attached hydrogen (secondary N) is 1. The van der Waals surface area contributed by atoms with Gasteiger partial charge in [-0.25, -0.2) is 0 Å². The molecule has 2 aromatic carbocycles. The molecule has 6 nitrogen and oxygen atoms in total. The largest absolute Gasteiger partial charge is 0.497 e. The number of nitrogens with zero attached hydrogens (tertiary/aromatic N) is 1. The maximum absolute atomic E-state index is 13.8. The molecule has 178 valence electrons. The maximum Gasteiger partial charge on any atom is 0.290 e. The van der Waals surface area contributed by atoms with Crippen molar-refractivity contribution in [2.45, 2.75) is 50.7 Å². The smallest absolute Gasteiger partial charge is 0.290 e. The van der Waals surface area contributed by atoms with Crippen LogP contribution in [0.2, 0.25) is 5.02 Å².